The molecule has 0 aliphatic rings. The van der Waals surface area contributed by atoms with Crippen LogP contribution in [0.25, 0.3) is 5.70 Å². The lowest BCUT2D eigenvalue weighted by molar-refractivity contribution is 0.0827. The summed E-state index contributed by atoms with van der Waals surface area (Å²) in [5.74, 6) is 0.0976. The number of aliphatic imine (C=N–C) groups is 1. The average Bonchev–Trinajstić information content (AvgIpc) is 3.27. The Morgan fingerprint density at radius 3 is 2.48 bits per heavy atom. The molecule has 3 aromatic rings. The lowest BCUT2D eigenvalue weighted by Crippen LogP contribution is -2.21. The molecule has 1 amide bonds. The predicted octanol–water partition coefficient (Wildman–Crippen LogP) is 3.93. The molecule has 0 atom stereocenters. The van der Waals surface area contributed by atoms with Crippen LogP contribution >= 0.6 is 0 Å². The van der Waals surface area contributed by atoms with Crippen LogP contribution in [0.1, 0.15) is 47.6 Å². The first-order chi connectivity index (χ1) is 15.8. The van der Waals surface area contributed by atoms with Crippen molar-refractivity contribution in [2.45, 2.75) is 20.3 Å². The van der Waals surface area contributed by atoms with Gasteiger partial charge in [-0.2, -0.15) is 5.26 Å². The largest absolute Gasteiger partial charge is 0.401 e. The molecule has 0 unspecified atom stereocenters. The monoisotopic (exact) mass is 443 g/mol. The highest BCUT2D eigenvalue weighted by atomic mass is 16.4. The van der Waals surface area contributed by atoms with E-state index in [2.05, 4.69) is 21.6 Å². The van der Waals surface area contributed by atoms with Gasteiger partial charge in [0.15, 0.2) is 0 Å². The van der Waals surface area contributed by atoms with E-state index in [1.807, 2.05) is 19.1 Å². The minimum absolute atomic E-state index is 0.0684. The standard InChI is InChI=1S/C24H25N7O2/c1-5-20(17-9-11-18(12-10-17)23(32)31(3)4)28-21(15(2)26)22-29-30-24(33-22)27-19-8-6-7-16(13-19)14-25/h6-13H,5,26H2,1-4H3,(H,27,30)/b21-15+,28-20?. The van der Waals surface area contributed by atoms with Crippen LogP contribution in [-0.2, 0) is 0 Å². The molecule has 33 heavy (non-hydrogen) atoms. The number of nitrogens with zero attached hydrogens (tertiary/aromatic N) is 5. The smallest absolute Gasteiger partial charge is 0.320 e. The van der Waals surface area contributed by atoms with Crippen molar-refractivity contribution in [3.8, 4) is 6.07 Å². The van der Waals surface area contributed by atoms with Gasteiger partial charge in [0.2, 0.25) is 0 Å². The quantitative estimate of drug-likeness (QED) is 0.528. The lowest BCUT2D eigenvalue weighted by atomic mass is 10.0. The fourth-order valence-corrected chi connectivity index (χ4v) is 3.01. The molecule has 0 spiro atoms. The summed E-state index contributed by atoms with van der Waals surface area (Å²) in [5.41, 5.74) is 10.2. The van der Waals surface area contributed by atoms with Gasteiger partial charge in [0.1, 0.15) is 5.70 Å². The summed E-state index contributed by atoms with van der Waals surface area (Å²) in [6.07, 6.45) is 0.623. The average molecular weight is 444 g/mol. The van der Waals surface area contributed by atoms with Crippen molar-refractivity contribution in [2.24, 2.45) is 10.7 Å². The van der Waals surface area contributed by atoms with Crippen LogP contribution in [0.4, 0.5) is 11.7 Å². The van der Waals surface area contributed by atoms with Crippen molar-refractivity contribution < 1.29 is 9.21 Å². The van der Waals surface area contributed by atoms with Crippen molar-refractivity contribution >= 4 is 29.0 Å². The van der Waals surface area contributed by atoms with E-state index in [9.17, 15) is 4.79 Å². The molecular formula is C24H25N7O2. The number of rotatable bonds is 7. The molecule has 0 radical (unpaired) electrons. The van der Waals surface area contributed by atoms with Crippen molar-refractivity contribution in [3.05, 3.63) is 76.8 Å². The SMILES string of the molecule is CCC(=N/C(=C(\C)N)c1nnc(Nc2cccc(C#N)c2)o1)c1ccc(C(=O)N(C)C)cc1. The van der Waals surface area contributed by atoms with Crippen LogP contribution in [0.15, 0.2) is 63.6 Å². The molecule has 9 heteroatoms. The molecule has 168 valence electrons. The minimum Gasteiger partial charge on any atom is -0.401 e. The normalized spacial score (nSPS) is 12.0. The van der Waals surface area contributed by atoms with Gasteiger partial charge in [0, 0.05) is 36.8 Å². The van der Waals surface area contributed by atoms with Crippen LogP contribution in [0.2, 0.25) is 0 Å². The highest BCUT2D eigenvalue weighted by molar-refractivity contribution is 6.04. The van der Waals surface area contributed by atoms with E-state index in [1.165, 1.54) is 4.90 Å². The van der Waals surface area contributed by atoms with E-state index in [0.29, 0.717) is 34.6 Å². The first kappa shape index (κ1) is 23.2. The molecule has 0 saturated heterocycles. The summed E-state index contributed by atoms with van der Waals surface area (Å²) >= 11 is 0. The molecule has 3 N–H and O–H groups in total. The maximum atomic E-state index is 12.1. The van der Waals surface area contributed by atoms with Crippen LogP contribution in [0, 0.1) is 11.3 Å². The van der Waals surface area contributed by atoms with Gasteiger partial charge in [0.25, 0.3) is 11.8 Å². The van der Waals surface area contributed by atoms with Crippen LogP contribution in [-0.4, -0.2) is 40.8 Å². The van der Waals surface area contributed by atoms with Gasteiger partial charge >= 0.3 is 6.01 Å². The number of hydrogen-bond donors (Lipinski definition) is 2. The Morgan fingerprint density at radius 1 is 1.18 bits per heavy atom. The molecule has 9 nitrogen and oxygen atoms in total. The molecular weight excluding hydrogens is 418 g/mol. The van der Waals surface area contributed by atoms with Gasteiger partial charge in [-0.05, 0) is 49.2 Å². The Kier molecular flexibility index (Phi) is 7.20. The van der Waals surface area contributed by atoms with Crippen LogP contribution < -0.4 is 11.1 Å². The van der Waals surface area contributed by atoms with Crippen LogP contribution in [0.3, 0.4) is 0 Å². The Bertz CT molecular complexity index is 1240. The van der Waals surface area contributed by atoms with Crippen molar-refractivity contribution in [3.63, 3.8) is 0 Å². The maximum absolute atomic E-state index is 12.1. The van der Waals surface area contributed by atoms with Gasteiger partial charge in [-0.25, -0.2) is 4.99 Å². The van der Waals surface area contributed by atoms with Crippen molar-refractivity contribution in [1.82, 2.24) is 15.1 Å². The zero-order valence-electron chi connectivity index (χ0n) is 19.0. The fraction of sp³-hybridized carbons (Fsp3) is 0.208. The summed E-state index contributed by atoms with van der Waals surface area (Å²) in [5, 5.41) is 20.1. The third-order valence-electron chi connectivity index (χ3n) is 4.70. The second-order valence-electron chi connectivity index (χ2n) is 7.45. The number of benzene rings is 2. The number of carbonyl (C=O) groups is 1. The minimum atomic E-state index is -0.0684. The number of nitrogens with two attached hydrogens (primary N) is 1. The number of nitrogens with one attached hydrogen (secondary N) is 1. The number of nitriles is 1. The molecule has 0 saturated carbocycles. The Morgan fingerprint density at radius 2 is 1.88 bits per heavy atom. The van der Waals surface area contributed by atoms with Gasteiger partial charge in [-0.1, -0.05) is 30.2 Å². The first-order valence-corrected chi connectivity index (χ1v) is 10.3. The molecule has 0 fully saturated rings. The van der Waals surface area contributed by atoms with Gasteiger partial charge in [-0.3, -0.25) is 4.79 Å². The number of hydrogen-bond acceptors (Lipinski definition) is 8. The lowest BCUT2D eigenvalue weighted by Gasteiger charge is -2.11. The molecule has 3 rings (SSSR count). The summed E-state index contributed by atoms with van der Waals surface area (Å²) in [7, 11) is 3.42. The van der Waals surface area contributed by atoms with E-state index in [4.69, 9.17) is 20.4 Å². The third-order valence-corrected chi connectivity index (χ3v) is 4.70. The fourth-order valence-electron chi connectivity index (χ4n) is 3.01. The van der Waals surface area contributed by atoms with Gasteiger partial charge in [0.05, 0.1) is 11.6 Å². The summed E-state index contributed by atoms with van der Waals surface area (Å²) in [6, 6.07) is 16.4. The third kappa shape index (κ3) is 5.62. The highest BCUT2D eigenvalue weighted by Gasteiger charge is 2.15. The molecule has 1 heterocycles. The zero-order valence-corrected chi connectivity index (χ0v) is 19.0. The van der Waals surface area contributed by atoms with Gasteiger partial charge < -0.3 is 20.4 Å². The summed E-state index contributed by atoms with van der Waals surface area (Å²) < 4.78 is 5.73. The van der Waals surface area contributed by atoms with E-state index < -0.39 is 0 Å². The summed E-state index contributed by atoms with van der Waals surface area (Å²) in [6.45, 7) is 3.68. The Hall–Kier alpha value is -4.45. The second kappa shape index (κ2) is 10.2. The topological polar surface area (TPSA) is 133 Å². The highest BCUT2D eigenvalue weighted by Crippen LogP contribution is 2.23. The summed E-state index contributed by atoms with van der Waals surface area (Å²) in [4.78, 5) is 18.4. The molecule has 2 aromatic carbocycles. The first-order valence-electron chi connectivity index (χ1n) is 10.3. The van der Waals surface area contributed by atoms with Crippen LogP contribution in [0.5, 0.6) is 0 Å². The van der Waals surface area contributed by atoms with E-state index in [1.54, 1.807) is 57.4 Å². The van der Waals surface area contributed by atoms with Crippen molar-refractivity contribution in [2.75, 3.05) is 19.4 Å². The van der Waals surface area contributed by atoms with E-state index >= 15 is 0 Å². The number of amides is 1. The number of carbonyl (C=O) groups excluding carboxylic acids is 1. The number of aromatic nitrogens is 2. The van der Waals surface area contributed by atoms with Crippen molar-refractivity contribution in [1.29, 1.82) is 5.26 Å². The number of allylic oxidation sites excluding steroid dienone is 1. The van der Waals surface area contributed by atoms with E-state index in [-0.39, 0.29) is 17.8 Å². The van der Waals surface area contributed by atoms with Gasteiger partial charge in [-0.15, -0.1) is 5.10 Å². The Balaban J connectivity index is 1.87. The second-order valence-corrected chi connectivity index (χ2v) is 7.45. The molecule has 0 aliphatic carbocycles. The predicted molar refractivity (Wildman–Crippen MR) is 127 cm³/mol. The van der Waals surface area contributed by atoms with E-state index in [0.717, 1.165) is 11.3 Å². The Labute approximate surface area is 192 Å². The number of anilines is 2. The molecule has 0 aliphatic heterocycles. The molecule has 1 aromatic heterocycles. The maximum Gasteiger partial charge on any atom is 0.320 e. The zero-order chi connectivity index (χ0) is 24.0. The molecule has 0 bridgehead atoms.